The van der Waals surface area contributed by atoms with Gasteiger partial charge in [-0.3, -0.25) is 0 Å². The Kier molecular flexibility index (Phi) is 5.99. The molecule has 6 nitrogen and oxygen atoms in total. The molecule has 2 aromatic carbocycles. The third kappa shape index (κ3) is 4.28. The molecular formula is C20H20O6. The largest absolute Gasteiger partial charge is 0.452 e. The topological polar surface area (TPSA) is 71.1 Å². The van der Waals surface area contributed by atoms with Crippen LogP contribution in [0.5, 0.6) is 0 Å². The minimum atomic E-state index is -0.755. The van der Waals surface area contributed by atoms with E-state index in [1.165, 1.54) is 7.11 Å². The van der Waals surface area contributed by atoms with Crippen molar-refractivity contribution in [3.05, 3.63) is 71.8 Å². The summed E-state index contributed by atoms with van der Waals surface area (Å²) in [5.74, 6) is -1.00. The van der Waals surface area contributed by atoms with Gasteiger partial charge in [-0.2, -0.15) is 0 Å². The van der Waals surface area contributed by atoms with Crippen LogP contribution in [0.2, 0.25) is 0 Å². The Labute approximate surface area is 151 Å². The molecule has 1 aliphatic rings. The first kappa shape index (κ1) is 18.1. The molecule has 0 aliphatic carbocycles. The first-order chi connectivity index (χ1) is 12.7. The summed E-state index contributed by atoms with van der Waals surface area (Å²) in [4.78, 5) is 24.8. The van der Waals surface area contributed by atoms with Gasteiger partial charge in [0, 0.05) is 7.11 Å². The fraction of sp³-hybridized carbons (Fsp3) is 0.300. The van der Waals surface area contributed by atoms with E-state index in [9.17, 15) is 9.59 Å². The molecule has 3 atom stereocenters. The van der Waals surface area contributed by atoms with Crippen molar-refractivity contribution in [2.75, 3.05) is 20.3 Å². The molecule has 0 saturated carbocycles. The summed E-state index contributed by atoms with van der Waals surface area (Å²) in [5, 5.41) is 0. The van der Waals surface area contributed by atoms with E-state index in [4.69, 9.17) is 18.9 Å². The average molecular weight is 356 g/mol. The third-order valence-electron chi connectivity index (χ3n) is 4.12. The van der Waals surface area contributed by atoms with Crippen LogP contribution in [0, 0.1) is 0 Å². The Hall–Kier alpha value is -2.70. The van der Waals surface area contributed by atoms with Crippen molar-refractivity contribution < 1.29 is 28.5 Å². The molecule has 6 heteroatoms. The van der Waals surface area contributed by atoms with E-state index in [0.717, 1.165) is 0 Å². The molecule has 1 aliphatic heterocycles. The molecule has 1 saturated heterocycles. The van der Waals surface area contributed by atoms with E-state index in [1.54, 1.807) is 48.5 Å². The van der Waals surface area contributed by atoms with Crippen molar-refractivity contribution in [3.8, 4) is 0 Å². The van der Waals surface area contributed by atoms with Gasteiger partial charge in [-0.05, 0) is 24.3 Å². The standard InChI is InChI=1S/C20H20O6/c1-23-16-12-24-13-17(25-19(21)14-8-4-2-5-9-14)18(16)26-20(22)15-10-6-3-7-11-15/h2-11,16-18H,12-13H2,1H3/t16-,17-,18-/m0/s1. The van der Waals surface area contributed by atoms with Gasteiger partial charge in [0.25, 0.3) is 0 Å². The zero-order chi connectivity index (χ0) is 18.4. The monoisotopic (exact) mass is 356 g/mol. The summed E-state index contributed by atoms with van der Waals surface area (Å²) in [5.41, 5.74) is 0.835. The third-order valence-corrected chi connectivity index (χ3v) is 4.12. The number of ether oxygens (including phenoxy) is 4. The van der Waals surface area contributed by atoms with Crippen molar-refractivity contribution in [2.24, 2.45) is 0 Å². The van der Waals surface area contributed by atoms with Crippen molar-refractivity contribution in [1.29, 1.82) is 0 Å². The zero-order valence-electron chi connectivity index (χ0n) is 14.4. The predicted molar refractivity (Wildman–Crippen MR) is 92.9 cm³/mol. The molecule has 2 aromatic rings. The summed E-state index contributed by atoms with van der Waals surface area (Å²) in [6.45, 7) is 0.383. The van der Waals surface area contributed by atoms with E-state index in [0.29, 0.717) is 11.1 Å². The van der Waals surface area contributed by atoms with Gasteiger partial charge in [-0.15, -0.1) is 0 Å². The molecule has 0 unspecified atom stereocenters. The minimum absolute atomic E-state index is 0.130. The number of esters is 2. The summed E-state index contributed by atoms with van der Waals surface area (Å²) < 4.78 is 22.0. The Morgan fingerprint density at radius 1 is 0.808 bits per heavy atom. The summed E-state index contributed by atoms with van der Waals surface area (Å²) in [7, 11) is 1.50. The second-order valence-corrected chi connectivity index (χ2v) is 5.86. The molecular weight excluding hydrogens is 336 g/mol. The normalized spacial score (nSPS) is 22.4. The quantitative estimate of drug-likeness (QED) is 0.767. The van der Waals surface area contributed by atoms with Crippen LogP contribution in [-0.2, 0) is 18.9 Å². The van der Waals surface area contributed by atoms with E-state index in [1.807, 2.05) is 12.1 Å². The van der Waals surface area contributed by atoms with E-state index in [-0.39, 0.29) is 13.2 Å². The highest BCUT2D eigenvalue weighted by Crippen LogP contribution is 2.21. The molecule has 0 spiro atoms. The number of rotatable bonds is 5. The summed E-state index contributed by atoms with van der Waals surface area (Å²) in [6.07, 6.45) is -2.03. The maximum atomic E-state index is 12.4. The second-order valence-electron chi connectivity index (χ2n) is 5.86. The first-order valence-corrected chi connectivity index (χ1v) is 8.31. The predicted octanol–water partition coefficient (Wildman–Crippen LogP) is 2.48. The molecule has 1 heterocycles. The number of benzene rings is 2. The highest BCUT2D eigenvalue weighted by Gasteiger charge is 2.40. The van der Waals surface area contributed by atoms with Gasteiger partial charge in [-0.1, -0.05) is 36.4 Å². The van der Waals surface area contributed by atoms with Gasteiger partial charge in [-0.25, -0.2) is 9.59 Å². The molecule has 0 radical (unpaired) electrons. The zero-order valence-corrected chi connectivity index (χ0v) is 14.4. The lowest BCUT2D eigenvalue weighted by Gasteiger charge is -2.35. The molecule has 0 bridgehead atoms. The van der Waals surface area contributed by atoms with E-state index < -0.39 is 30.3 Å². The van der Waals surface area contributed by atoms with Crippen LogP contribution in [0.4, 0.5) is 0 Å². The average Bonchev–Trinajstić information content (AvgIpc) is 2.70. The number of methoxy groups -OCH3 is 1. The van der Waals surface area contributed by atoms with Gasteiger partial charge in [0.05, 0.1) is 24.3 Å². The van der Waals surface area contributed by atoms with E-state index in [2.05, 4.69) is 0 Å². The van der Waals surface area contributed by atoms with E-state index >= 15 is 0 Å². The maximum Gasteiger partial charge on any atom is 0.338 e. The Morgan fingerprint density at radius 3 is 1.85 bits per heavy atom. The van der Waals surface area contributed by atoms with Crippen molar-refractivity contribution >= 4 is 11.9 Å². The highest BCUT2D eigenvalue weighted by molar-refractivity contribution is 5.90. The maximum absolute atomic E-state index is 12.4. The second kappa shape index (κ2) is 8.60. The lowest BCUT2D eigenvalue weighted by atomic mass is 10.1. The number of carbonyl (C=O) groups is 2. The Bertz CT molecular complexity index is 730. The Morgan fingerprint density at radius 2 is 1.31 bits per heavy atom. The molecule has 0 N–H and O–H groups in total. The van der Waals surface area contributed by atoms with Crippen LogP contribution in [0.3, 0.4) is 0 Å². The Balaban J connectivity index is 1.74. The van der Waals surface area contributed by atoms with Crippen LogP contribution in [-0.4, -0.2) is 50.6 Å². The lowest BCUT2D eigenvalue weighted by molar-refractivity contribution is -0.164. The smallest absolute Gasteiger partial charge is 0.338 e. The molecule has 0 aromatic heterocycles. The van der Waals surface area contributed by atoms with Crippen molar-refractivity contribution in [1.82, 2.24) is 0 Å². The minimum Gasteiger partial charge on any atom is -0.452 e. The summed E-state index contributed by atoms with van der Waals surface area (Å²) >= 11 is 0. The highest BCUT2D eigenvalue weighted by atomic mass is 16.6. The first-order valence-electron chi connectivity index (χ1n) is 8.31. The number of carbonyl (C=O) groups excluding carboxylic acids is 2. The van der Waals surface area contributed by atoms with Crippen LogP contribution < -0.4 is 0 Å². The van der Waals surface area contributed by atoms with Crippen molar-refractivity contribution in [3.63, 3.8) is 0 Å². The molecule has 3 rings (SSSR count). The lowest BCUT2D eigenvalue weighted by Crippen LogP contribution is -2.52. The van der Waals surface area contributed by atoms with Crippen molar-refractivity contribution in [2.45, 2.75) is 18.3 Å². The van der Waals surface area contributed by atoms with Gasteiger partial charge in [0.15, 0.2) is 12.2 Å². The van der Waals surface area contributed by atoms with Crippen LogP contribution in [0.25, 0.3) is 0 Å². The van der Waals surface area contributed by atoms with Crippen LogP contribution in [0.15, 0.2) is 60.7 Å². The molecule has 0 amide bonds. The summed E-state index contributed by atoms with van der Waals surface area (Å²) in [6, 6.07) is 17.3. The van der Waals surface area contributed by atoms with Crippen LogP contribution >= 0.6 is 0 Å². The number of hydrogen-bond acceptors (Lipinski definition) is 6. The van der Waals surface area contributed by atoms with Gasteiger partial charge >= 0.3 is 11.9 Å². The van der Waals surface area contributed by atoms with Gasteiger partial charge in [0.2, 0.25) is 0 Å². The molecule has 1 fully saturated rings. The number of hydrogen-bond donors (Lipinski definition) is 0. The SMILES string of the molecule is CO[C@H]1COC[C@H](OC(=O)c2ccccc2)[C@H]1OC(=O)c1ccccc1. The van der Waals surface area contributed by atoms with Gasteiger partial charge in [0.1, 0.15) is 6.10 Å². The van der Waals surface area contributed by atoms with Crippen LogP contribution in [0.1, 0.15) is 20.7 Å². The fourth-order valence-corrected chi connectivity index (χ4v) is 2.73. The fourth-order valence-electron chi connectivity index (χ4n) is 2.73. The van der Waals surface area contributed by atoms with Gasteiger partial charge < -0.3 is 18.9 Å². The molecule has 136 valence electrons. The molecule has 26 heavy (non-hydrogen) atoms.